The van der Waals surface area contributed by atoms with Crippen molar-refractivity contribution < 1.29 is 8.42 Å². The lowest BCUT2D eigenvalue weighted by Crippen LogP contribution is -2.06. The first-order chi connectivity index (χ1) is 8.82. The van der Waals surface area contributed by atoms with Gasteiger partial charge in [0.25, 0.3) is 0 Å². The van der Waals surface area contributed by atoms with E-state index in [0.717, 1.165) is 16.7 Å². The second kappa shape index (κ2) is 4.99. The average molecular weight is 295 g/mol. The Morgan fingerprint density at radius 2 is 1.37 bits per heavy atom. The van der Waals surface area contributed by atoms with Gasteiger partial charge < -0.3 is 0 Å². The van der Waals surface area contributed by atoms with Gasteiger partial charge in [-0.15, -0.1) is 0 Å². The van der Waals surface area contributed by atoms with Crippen molar-refractivity contribution in [3.05, 3.63) is 58.1 Å². The lowest BCUT2D eigenvalue weighted by molar-refractivity contribution is 0.595. The van der Waals surface area contributed by atoms with Gasteiger partial charge in [-0.3, -0.25) is 0 Å². The van der Waals surface area contributed by atoms with Crippen LogP contribution in [0.25, 0.3) is 0 Å². The fourth-order valence-electron chi connectivity index (χ4n) is 2.32. The zero-order valence-electron chi connectivity index (χ0n) is 11.1. The van der Waals surface area contributed by atoms with Crippen LogP contribution in [0, 0.1) is 20.8 Å². The largest absolute Gasteiger partial charge is 0.218 e. The monoisotopic (exact) mass is 294 g/mol. The Morgan fingerprint density at radius 1 is 0.895 bits per heavy atom. The van der Waals surface area contributed by atoms with E-state index in [1.54, 1.807) is 12.1 Å². The molecule has 0 unspecified atom stereocenters. The van der Waals surface area contributed by atoms with Crippen molar-refractivity contribution in [1.82, 2.24) is 0 Å². The molecule has 0 atom stereocenters. The van der Waals surface area contributed by atoms with E-state index in [2.05, 4.69) is 0 Å². The van der Waals surface area contributed by atoms with Crippen LogP contribution in [-0.2, 0) is 9.84 Å². The first kappa shape index (κ1) is 14.1. The molecule has 2 rings (SSSR count). The summed E-state index contributed by atoms with van der Waals surface area (Å²) in [4.78, 5) is 0.660. The minimum atomic E-state index is -3.49. The summed E-state index contributed by atoms with van der Waals surface area (Å²) < 4.78 is 25.3. The number of benzene rings is 2. The molecule has 100 valence electrons. The Bertz CT molecular complexity index is 693. The van der Waals surface area contributed by atoms with Gasteiger partial charge in [-0.05, 0) is 56.2 Å². The van der Waals surface area contributed by atoms with E-state index in [1.165, 1.54) is 12.1 Å². The van der Waals surface area contributed by atoms with Gasteiger partial charge in [0.2, 0.25) is 9.84 Å². The molecule has 0 aliphatic carbocycles. The molecular formula is C15H15ClO2S. The summed E-state index contributed by atoms with van der Waals surface area (Å²) in [7, 11) is -3.49. The van der Waals surface area contributed by atoms with E-state index in [-0.39, 0.29) is 4.90 Å². The zero-order chi connectivity index (χ0) is 14.2. The highest BCUT2D eigenvalue weighted by molar-refractivity contribution is 7.91. The average Bonchev–Trinajstić information content (AvgIpc) is 2.27. The van der Waals surface area contributed by atoms with Gasteiger partial charge in [0.05, 0.1) is 9.79 Å². The molecule has 0 aromatic heterocycles. The topological polar surface area (TPSA) is 34.1 Å². The van der Waals surface area contributed by atoms with Crippen molar-refractivity contribution in [3.8, 4) is 0 Å². The zero-order valence-corrected chi connectivity index (χ0v) is 12.6. The first-order valence-corrected chi connectivity index (χ1v) is 7.77. The molecule has 0 aliphatic heterocycles. The van der Waals surface area contributed by atoms with Gasteiger partial charge in [0.15, 0.2) is 0 Å². The highest BCUT2D eigenvalue weighted by atomic mass is 35.5. The van der Waals surface area contributed by atoms with Gasteiger partial charge >= 0.3 is 0 Å². The molecule has 2 aromatic carbocycles. The number of sulfone groups is 1. The summed E-state index contributed by atoms with van der Waals surface area (Å²) in [6.07, 6.45) is 0. The van der Waals surface area contributed by atoms with E-state index in [0.29, 0.717) is 9.92 Å². The quantitative estimate of drug-likeness (QED) is 0.836. The van der Waals surface area contributed by atoms with Crippen LogP contribution in [0.3, 0.4) is 0 Å². The highest BCUT2D eigenvalue weighted by Crippen LogP contribution is 2.28. The summed E-state index contributed by atoms with van der Waals surface area (Å²) in [5, 5.41) is 0.524. The van der Waals surface area contributed by atoms with Crippen molar-refractivity contribution >= 4 is 21.4 Å². The molecule has 0 heterocycles. The molecule has 2 nitrogen and oxygen atoms in total. The van der Waals surface area contributed by atoms with Crippen LogP contribution in [0.4, 0.5) is 0 Å². The number of halogens is 1. The van der Waals surface area contributed by atoms with Gasteiger partial charge in [0.1, 0.15) is 0 Å². The molecule has 2 aromatic rings. The second-order valence-corrected chi connectivity index (χ2v) is 7.01. The van der Waals surface area contributed by atoms with Crippen molar-refractivity contribution in [2.24, 2.45) is 0 Å². The van der Waals surface area contributed by atoms with E-state index < -0.39 is 9.84 Å². The molecule has 0 aliphatic rings. The molecule has 0 fully saturated rings. The molecule has 0 bridgehead atoms. The molecule has 0 spiro atoms. The highest BCUT2D eigenvalue weighted by Gasteiger charge is 2.22. The van der Waals surface area contributed by atoms with Gasteiger partial charge in [0, 0.05) is 5.02 Å². The van der Waals surface area contributed by atoms with Crippen LogP contribution in [0.1, 0.15) is 16.7 Å². The van der Waals surface area contributed by atoms with Crippen LogP contribution < -0.4 is 0 Å². The van der Waals surface area contributed by atoms with Gasteiger partial charge in [-0.1, -0.05) is 29.3 Å². The maximum atomic E-state index is 12.7. The molecule has 19 heavy (non-hydrogen) atoms. The Labute approximate surface area is 119 Å². The van der Waals surface area contributed by atoms with Crippen LogP contribution >= 0.6 is 11.6 Å². The SMILES string of the molecule is Cc1cc(C)c(S(=O)(=O)c2ccc(Cl)cc2)c(C)c1. The standard InChI is InChI=1S/C15H15ClO2S/c1-10-8-11(2)15(12(3)9-10)19(17,18)14-6-4-13(16)5-7-14/h4-9H,1-3H3. The smallest absolute Gasteiger partial charge is 0.207 e. The Hall–Kier alpha value is -1.32. The Morgan fingerprint density at radius 3 is 1.84 bits per heavy atom. The number of hydrogen-bond donors (Lipinski definition) is 0. The predicted molar refractivity (Wildman–Crippen MR) is 77.6 cm³/mol. The number of aryl methyl sites for hydroxylation is 3. The maximum absolute atomic E-state index is 12.7. The van der Waals surface area contributed by atoms with Gasteiger partial charge in [-0.2, -0.15) is 0 Å². The lowest BCUT2D eigenvalue weighted by atomic mass is 10.1. The fourth-order valence-corrected chi connectivity index (χ4v) is 4.14. The third-order valence-electron chi connectivity index (χ3n) is 3.00. The maximum Gasteiger partial charge on any atom is 0.207 e. The minimum Gasteiger partial charge on any atom is -0.218 e. The summed E-state index contributed by atoms with van der Waals surface area (Å²) in [5.41, 5.74) is 2.60. The van der Waals surface area contributed by atoms with Crippen LogP contribution in [0.2, 0.25) is 5.02 Å². The second-order valence-electron chi connectivity index (χ2n) is 4.69. The normalized spacial score (nSPS) is 11.6. The molecule has 4 heteroatoms. The lowest BCUT2D eigenvalue weighted by Gasteiger charge is -2.12. The summed E-state index contributed by atoms with van der Waals surface area (Å²) in [6.45, 7) is 5.60. The fraction of sp³-hybridized carbons (Fsp3) is 0.200. The van der Waals surface area contributed by atoms with E-state index in [4.69, 9.17) is 11.6 Å². The molecule has 0 amide bonds. The summed E-state index contributed by atoms with van der Waals surface area (Å²) in [6, 6.07) is 10.0. The third kappa shape index (κ3) is 2.67. The number of hydrogen-bond acceptors (Lipinski definition) is 2. The van der Waals surface area contributed by atoms with Crippen molar-refractivity contribution in [2.45, 2.75) is 30.6 Å². The van der Waals surface area contributed by atoms with E-state index in [1.807, 2.05) is 32.9 Å². The van der Waals surface area contributed by atoms with E-state index in [9.17, 15) is 8.42 Å². The van der Waals surface area contributed by atoms with Crippen LogP contribution in [0.5, 0.6) is 0 Å². The Balaban J connectivity index is 2.67. The Kier molecular flexibility index (Phi) is 3.70. The van der Waals surface area contributed by atoms with Gasteiger partial charge in [-0.25, -0.2) is 8.42 Å². The van der Waals surface area contributed by atoms with Crippen molar-refractivity contribution in [2.75, 3.05) is 0 Å². The molecule has 0 N–H and O–H groups in total. The van der Waals surface area contributed by atoms with Crippen molar-refractivity contribution in [3.63, 3.8) is 0 Å². The summed E-state index contributed by atoms with van der Waals surface area (Å²) in [5.74, 6) is 0. The summed E-state index contributed by atoms with van der Waals surface area (Å²) >= 11 is 5.80. The predicted octanol–water partition coefficient (Wildman–Crippen LogP) is 4.10. The first-order valence-electron chi connectivity index (χ1n) is 5.91. The molecular weight excluding hydrogens is 280 g/mol. The molecule has 0 radical (unpaired) electrons. The molecule has 0 saturated heterocycles. The van der Waals surface area contributed by atoms with Crippen LogP contribution in [0.15, 0.2) is 46.2 Å². The third-order valence-corrected chi connectivity index (χ3v) is 5.32. The molecule has 0 saturated carbocycles. The van der Waals surface area contributed by atoms with Crippen molar-refractivity contribution in [1.29, 1.82) is 0 Å². The number of rotatable bonds is 2. The van der Waals surface area contributed by atoms with E-state index >= 15 is 0 Å². The minimum absolute atomic E-state index is 0.270. The van der Waals surface area contributed by atoms with Crippen LogP contribution in [-0.4, -0.2) is 8.42 Å².